The average Bonchev–Trinajstić information content (AvgIpc) is 3.35. The Morgan fingerprint density at radius 3 is 2.88 bits per heavy atom. The minimum atomic E-state index is 0.187. The largest absolute Gasteiger partial charge is 0.333 e. The molecule has 2 aliphatic carbocycles. The summed E-state index contributed by atoms with van der Waals surface area (Å²) in [6.07, 6.45) is 10.2. The maximum atomic E-state index is 13.3. The van der Waals surface area contributed by atoms with Crippen molar-refractivity contribution < 1.29 is 4.79 Å². The molecule has 1 amide bonds. The fourth-order valence-electron chi connectivity index (χ4n) is 4.76. The van der Waals surface area contributed by atoms with Crippen molar-refractivity contribution in [3.05, 3.63) is 41.4 Å². The number of allylic oxidation sites excluding steroid dienone is 2. The molecule has 0 radical (unpaired) electrons. The SMILES string of the molecule is O=C(C1CC2C=CC1C2)N1CCCCC1c1nc2ccccc2s1. The Labute approximate surface area is 146 Å². The fraction of sp³-hybridized carbons (Fsp3) is 0.500. The lowest BCUT2D eigenvalue weighted by molar-refractivity contribution is -0.140. The van der Waals surface area contributed by atoms with E-state index in [1.807, 2.05) is 6.07 Å². The van der Waals surface area contributed by atoms with Crippen LogP contribution in [0.25, 0.3) is 10.2 Å². The van der Waals surface area contributed by atoms with E-state index >= 15 is 0 Å². The van der Waals surface area contributed by atoms with E-state index in [1.165, 1.54) is 17.5 Å². The molecule has 4 unspecified atom stereocenters. The molecule has 1 saturated carbocycles. The highest BCUT2D eigenvalue weighted by molar-refractivity contribution is 7.18. The number of amides is 1. The molecule has 0 spiro atoms. The number of hydrogen-bond donors (Lipinski definition) is 0. The third kappa shape index (κ3) is 2.31. The minimum Gasteiger partial charge on any atom is -0.333 e. The molecule has 1 aromatic heterocycles. The van der Waals surface area contributed by atoms with Crippen LogP contribution in [0.3, 0.4) is 0 Å². The van der Waals surface area contributed by atoms with E-state index in [-0.39, 0.29) is 12.0 Å². The van der Waals surface area contributed by atoms with E-state index in [4.69, 9.17) is 4.98 Å². The summed E-state index contributed by atoms with van der Waals surface area (Å²) in [5.74, 6) is 1.74. The average molecular weight is 338 g/mol. The Morgan fingerprint density at radius 1 is 1.17 bits per heavy atom. The first-order chi connectivity index (χ1) is 11.8. The molecule has 0 N–H and O–H groups in total. The van der Waals surface area contributed by atoms with Gasteiger partial charge in [0.05, 0.1) is 16.3 Å². The summed E-state index contributed by atoms with van der Waals surface area (Å²) in [7, 11) is 0. The zero-order valence-corrected chi connectivity index (χ0v) is 14.5. The maximum absolute atomic E-state index is 13.3. The molecule has 2 fully saturated rings. The molecule has 3 nitrogen and oxygen atoms in total. The van der Waals surface area contributed by atoms with Gasteiger partial charge in [0.25, 0.3) is 0 Å². The van der Waals surface area contributed by atoms with Crippen LogP contribution in [0.15, 0.2) is 36.4 Å². The van der Waals surface area contributed by atoms with Gasteiger partial charge in [0.2, 0.25) is 5.91 Å². The predicted molar refractivity (Wildman–Crippen MR) is 96.8 cm³/mol. The van der Waals surface area contributed by atoms with Gasteiger partial charge in [-0.05, 0) is 56.1 Å². The molecular formula is C20H22N2OS. The number of benzene rings is 1. The van der Waals surface area contributed by atoms with E-state index in [0.717, 1.165) is 36.3 Å². The maximum Gasteiger partial charge on any atom is 0.226 e. The third-order valence-electron chi connectivity index (χ3n) is 5.98. The number of rotatable bonds is 2. The number of aromatic nitrogens is 1. The molecule has 1 aromatic carbocycles. The number of fused-ring (bicyclic) bond motifs is 3. The highest BCUT2D eigenvalue weighted by Crippen LogP contribution is 2.46. The predicted octanol–water partition coefficient (Wildman–Crippen LogP) is 4.56. The van der Waals surface area contributed by atoms with E-state index in [9.17, 15) is 4.79 Å². The summed E-state index contributed by atoms with van der Waals surface area (Å²) in [6.45, 7) is 0.900. The number of likely N-dealkylation sites (tertiary alicyclic amines) is 1. The van der Waals surface area contributed by atoms with Crippen molar-refractivity contribution in [1.82, 2.24) is 9.88 Å². The normalized spacial score (nSPS) is 31.9. The highest BCUT2D eigenvalue weighted by atomic mass is 32.1. The van der Waals surface area contributed by atoms with E-state index < -0.39 is 0 Å². The van der Waals surface area contributed by atoms with Crippen molar-refractivity contribution >= 4 is 27.5 Å². The number of hydrogen-bond acceptors (Lipinski definition) is 3. The van der Waals surface area contributed by atoms with Crippen LogP contribution in [0.5, 0.6) is 0 Å². The Bertz CT molecular complexity index is 778. The van der Waals surface area contributed by atoms with Crippen molar-refractivity contribution in [3.8, 4) is 0 Å². The number of carbonyl (C=O) groups is 1. The van der Waals surface area contributed by atoms with Crippen LogP contribution in [-0.2, 0) is 4.79 Å². The van der Waals surface area contributed by atoms with Crippen LogP contribution in [-0.4, -0.2) is 22.3 Å². The van der Waals surface area contributed by atoms with Crippen molar-refractivity contribution in [2.75, 3.05) is 6.54 Å². The van der Waals surface area contributed by atoms with Crippen LogP contribution in [0.1, 0.15) is 43.2 Å². The van der Waals surface area contributed by atoms with Gasteiger partial charge in [-0.3, -0.25) is 4.79 Å². The molecule has 2 bridgehead atoms. The molecule has 24 heavy (non-hydrogen) atoms. The zero-order valence-electron chi connectivity index (χ0n) is 13.7. The molecule has 3 aliphatic rings. The number of carbonyl (C=O) groups excluding carboxylic acids is 1. The lowest BCUT2D eigenvalue weighted by atomic mass is 9.90. The first-order valence-corrected chi connectivity index (χ1v) is 9.95. The molecule has 5 rings (SSSR count). The number of nitrogens with zero attached hydrogens (tertiary/aromatic N) is 2. The lowest BCUT2D eigenvalue weighted by Crippen LogP contribution is -2.42. The van der Waals surface area contributed by atoms with Gasteiger partial charge in [-0.1, -0.05) is 24.3 Å². The van der Waals surface area contributed by atoms with Gasteiger partial charge in [0.15, 0.2) is 0 Å². The second-order valence-corrected chi connectivity index (χ2v) is 8.51. The molecular weight excluding hydrogens is 316 g/mol. The van der Waals surface area contributed by atoms with E-state index in [2.05, 4.69) is 35.3 Å². The third-order valence-corrected chi connectivity index (χ3v) is 7.12. The minimum absolute atomic E-state index is 0.187. The summed E-state index contributed by atoms with van der Waals surface area (Å²) in [6, 6.07) is 8.50. The van der Waals surface area contributed by atoms with Crippen LogP contribution in [0.4, 0.5) is 0 Å². The van der Waals surface area contributed by atoms with E-state index in [1.54, 1.807) is 11.3 Å². The monoisotopic (exact) mass is 338 g/mol. The van der Waals surface area contributed by atoms with Crippen molar-refractivity contribution in [2.24, 2.45) is 17.8 Å². The van der Waals surface area contributed by atoms with Gasteiger partial charge in [-0.15, -0.1) is 11.3 Å². The smallest absolute Gasteiger partial charge is 0.226 e. The topological polar surface area (TPSA) is 33.2 Å². The summed E-state index contributed by atoms with van der Waals surface area (Å²) in [5, 5.41) is 1.13. The van der Waals surface area contributed by atoms with Crippen LogP contribution in [0.2, 0.25) is 0 Å². The summed E-state index contributed by atoms with van der Waals surface area (Å²) < 4.78 is 1.23. The Kier molecular flexibility index (Phi) is 3.47. The zero-order chi connectivity index (χ0) is 16.1. The molecule has 2 aromatic rings. The molecule has 4 heteroatoms. The standard InChI is InChI=1S/C20H22N2OS/c23-20(15-12-13-8-9-14(15)11-13)22-10-4-3-6-17(22)19-21-16-5-1-2-7-18(16)24-19/h1-2,5,7-9,13-15,17H,3-4,6,10-12H2. The van der Waals surface area contributed by atoms with Crippen molar-refractivity contribution in [3.63, 3.8) is 0 Å². The van der Waals surface area contributed by atoms with Crippen molar-refractivity contribution in [1.29, 1.82) is 0 Å². The molecule has 124 valence electrons. The molecule has 1 aliphatic heterocycles. The first kappa shape index (κ1) is 14.6. The van der Waals surface area contributed by atoms with E-state index in [0.29, 0.717) is 17.7 Å². The summed E-state index contributed by atoms with van der Waals surface area (Å²) in [4.78, 5) is 20.3. The van der Waals surface area contributed by atoms with Crippen LogP contribution in [0, 0.1) is 17.8 Å². The molecule has 1 saturated heterocycles. The second kappa shape index (κ2) is 5.69. The van der Waals surface area contributed by atoms with Gasteiger partial charge >= 0.3 is 0 Å². The Balaban J connectivity index is 1.45. The number of thiazole rings is 1. The van der Waals surface area contributed by atoms with Crippen LogP contribution < -0.4 is 0 Å². The Hall–Kier alpha value is -1.68. The molecule has 2 heterocycles. The quantitative estimate of drug-likeness (QED) is 0.752. The second-order valence-electron chi connectivity index (χ2n) is 7.45. The molecule has 4 atom stereocenters. The highest BCUT2D eigenvalue weighted by Gasteiger charge is 2.43. The van der Waals surface area contributed by atoms with Crippen molar-refractivity contribution in [2.45, 2.75) is 38.1 Å². The number of piperidine rings is 1. The fourth-order valence-corrected chi connectivity index (χ4v) is 5.88. The van der Waals surface area contributed by atoms with Gasteiger partial charge in [-0.25, -0.2) is 4.98 Å². The van der Waals surface area contributed by atoms with Crippen LogP contribution >= 0.6 is 11.3 Å². The van der Waals surface area contributed by atoms with Gasteiger partial charge in [-0.2, -0.15) is 0 Å². The number of para-hydroxylation sites is 1. The summed E-state index contributed by atoms with van der Waals surface area (Å²) in [5.41, 5.74) is 1.07. The summed E-state index contributed by atoms with van der Waals surface area (Å²) >= 11 is 1.76. The lowest BCUT2D eigenvalue weighted by Gasteiger charge is -2.37. The van der Waals surface area contributed by atoms with Gasteiger partial charge in [0, 0.05) is 12.5 Å². The Morgan fingerprint density at radius 2 is 2.08 bits per heavy atom. The van der Waals surface area contributed by atoms with Gasteiger partial charge < -0.3 is 4.90 Å². The van der Waals surface area contributed by atoms with Gasteiger partial charge in [0.1, 0.15) is 5.01 Å². The first-order valence-electron chi connectivity index (χ1n) is 9.14.